The van der Waals surface area contributed by atoms with Gasteiger partial charge in [0, 0.05) is 29.7 Å². The van der Waals surface area contributed by atoms with Crippen molar-refractivity contribution >= 4 is 38.2 Å². The number of aromatic nitrogens is 1. The van der Waals surface area contributed by atoms with E-state index in [1.54, 1.807) is 47.4 Å². The summed E-state index contributed by atoms with van der Waals surface area (Å²) in [5, 5.41) is 0.753. The van der Waals surface area contributed by atoms with E-state index in [9.17, 15) is 13.2 Å². The zero-order valence-electron chi connectivity index (χ0n) is 16.1. The Balaban J connectivity index is 1.97. The molecular formula is C22H21ClN2O3S. The maximum atomic E-state index is 13.6. The van der Waals surface area contributed by atoms with Gasteiger partial charge in [-0.05, 0) is 56.5 Å². The maximum absolute atomic E-state index is 13.6. The number of nitrogens with zero attached hydrogens (tertiary/aromatic N) is 2. The predicted molar refractivity (Wildman–Crippen MR) is 113 cm³/mol. The monoisotopic (exact) mass is 428 g/mol. The lowest BCUT2D eigenvalue weighted by molar-refractivity contribution is 0.0720. The number of halogens is 1. The summed E-state index contributed by atoms with van der Waals surface area (Å²) in [6, 6.07) is 11.5. The second-order valence-electron chi connectivity index (χ2n) is 7.33. The molecule has 1 aliphatic rings. The Hall–Kier alpha value is -2.44. The molecule has 0 atom stereocenters. The lowest BCUT2D eigenvalue weighted by Gasteiger charge is -2.27. The molecule has 2 heterocycles. The summed E-state index contributed by atoms with van der Waals surface area (Å²) in [5.74, 6) is -0.301. The van der Waals surface area contributed by atoms with Crippen molar-refractivity contribution in [3.05, 3.63) is 64.8 Å². The summed E-state index contributed by atoms with van der Waals surface area (Å²) in [7, 11) is -3.96. The summed E-state index contributed by atoms with van der Waals surface area (Å²) >= 11 is 6.17. The van der Waals surface area contributed by atoms with E-state index in [-0.39, 0.29) is 21.3 Å². The fraction of sp³-hybridized carbons (Fsp3) is 0.273. The minimum absolute atomic E-state index is 0.0237. The van der Waals surface area contributed by atoms with Crippen LogP contribution in [-0.4, -0.2) is 37.3 Å². The number of piperidine rings is 1. The quantitative estimate of drug-likeness (QED) is 0.608. The van der Waals surface area contributed by atoms with Crippen LogP contribution in [0.1, 0.15) is 35.2 Å². The molecule has 5 nitrogen and oxygen atoms in total. The summed E-state index contributed by atoms with van der Waals surface area (Å²) in [5.41, 5.74) is 1.54. The van der Waals surface area contributed by atoms with E-state index in [1.807, 2.05) is 6.92 Å². The van der Waals surface area contributed by atoms with Crippen LogP contribution in [0.5, 0.6) is 0 Å². The Bertz CT molecular complexity index is 1180. The number of carbonyl (C=O) groups is 1. The number of likely N-dealkylation sites (tertiary alicyclic amines) is 1. The summed E-state index contributed by atoms with van der Waals surface area (Å²) < 4.78 is 27.3. The molecular weight excluding hydrogens is 408 g/mol. The van der Waals surface area contributed by atoms with Gasteiger partial charge < -0.3 is 4.90 Å². The van der Waals surface area contributed by atoms with Gasteiger partial charge in [-0.15, -0.1) is 0 Å². The SMILES string of the molecule is Cc1ccc(S(=O)(=O)c2c(C(=O)N3CCCCC3)cnc3ccc(Cl)cc23)cc1. The molecule has 0 aliphatic carbocycles. The van der Waals surface area contributed by atoms with Crippen LogP contribution in [0, 0.1) is 6.92 Å². The average molecular weight is 429 g/mol. The van der Waals surface area contributed by atoms with Gasteiger partial charge in [-0.2, -0.15) is 0 Å². The highest BCUT2D eigenvalue weighted by atomic mass is 35.5. The number of fused-ring (bicyclic) bond motifs is 1. The smallest absolute Gasteiger partial charge is 0.256 e. The van der Waals surface area contributed by atoms with Crippen molar-refractivity contribution in [2.75, 3.05) is 13.1 Å². The van der Waals surface area contributed by atoms with Crippen LogP contribution < -0.4 is 0 Å². The molecule has 0 bridgehead atoms. The highest BCUT2D eigenvalue weighted by Crippen LogP contribution is 2.33. The first-order valence-corrected chi connectivity index (χ1v) is 11.4. The Morgan fingerprint density at radius 3 is 2.41 bits per heavy atom. The normalized spacial score (nSPS) is 14.9. The molecule has 1 saturated heterocycles. The minimum atomic E-state index is -3.96. The van der Waals surface area contributed by atoms with Crippen molar-refractivity contribution in [1.82, 2.24) is 9.88 Å². The third-order valence-corrected chi connectivity index (χ3v) is 7.36. The molecule has 3 aromatic rings. The maximum Gasteiger partial charge on any atom is 0.256 e. The largest absolute Gasteiger partial charge is 0.339 e. The number of sulfone groups is 1. The second kappa shape index (κ2) is 7.76. The molecule has 0 N–H and O–H groups in total. The molecule has 1 amide bonds. The topological polar surface area (TPSA) is 67.3 Å². The number of amides is 1. The average Bonchev–Trinajstić information content (AvgIpc) is 2.73. The van der Waals surface area contributed by atoms with Gasteiger partial charge in [0.05, 0.1) is 20.9 Å². The van der Waals surface area contributed by atoms with Crippen molar-refractivity contribution < 1.29 is 13.2 Å². The summed E-state index contributed by atoms with van der Waals surface area (Å²) in [6.45, 7) is 3.14. The van der Waals surface area contributed by atoms with E-state index in [0.717, 1.165) is 24.8 Å². The molecule has 0 spiro atoms. The van der Waals surface area contributed by atoms with E-state index in [0.29, 0.717) is 29.0 Å². The van der Waals surface area contributed by atoms with Crippen LogP contribution in [0.2, 0.25) is 5.02 Å². The van der Waals surface area contributed by atoms with Crippen molar-refractivity contribution in [2.45, 2.75) is 36.0 Å². The third kappa shape index (κ3) is 3.74. The van der Waals surface area contributed by atoms with Crippen molar-refractivity contribution in [2.24, 2.45) is 0 Å². The Labute approximate surface area is 175 Å². The molecule has 2 aromatic carbocycles. The van der Waals surface area contributed by atoms with E-state index >= 15 is 0 Å². The van der Waals surface area contributed by atoms with Crippen molar-refractivity contribution in [3.8, 4) is 0 Å². The first-order chi connectivity index (χ1) is 13.9. The van der Waals surface area contributed by atoms with E-state index in [2.05, 4.69) is 4.98 Å². The lowest BCUT2D eigenvalue weighted by atomic mass is 10.1. The van der Waals surface area contributed by atoms with Crippen LogP contribution in [0.25, 0.3) is 10.9 Å². The Kier molecular flexibility index (Phi) is 5.32. The van der Waals surface area contributed by atoms with Gasteiger partial charge in [-0.25, -0.2) is 8.42 Å². The van der Waals surface area contributed by atoms with Gasteiger partial charge >= 0.3 is 0 Å². The number of pyridine rings is 1. The zero-order chi connectivity index (χ0) is 20.6. The Morgan fingerprint density at radius 2 is 1.72 bits per heavy atom. The molecule has 150 valence electrons. The number of hydrogen-bond donors (Lipinski definition) is 0. The highest BCUT2D eigenvalue weighted by molar-refractivity contribution is 7.91. The van der Waals surface area contributed by atoms with Crippen LogP contribution in [-0.2, 0) is 9.84 Å². The van der Waals surface area contributed by atoms with Crippen LogP contribution >= 0.6 is 11.6 Å². The number of benzene rings is 2. The molecule has 1 aliphatic heterocycles. The van der Waals surface area contributed by atoms with Gasteiger partial charge in [0.25, 0.3) is 5.91 Å². The molecule has 0 saturated carbocycles. The molecule has 0 radical (unpaired) electrons. The number of aryl methyl sites for hydroxylation is 1. The molecule has 7 heteroatoms. The van der Waals surface area contributed by atoms with Crippen LogP contribution in [0.4, 0.5) is 0 Å². The van der Waals surface area contributed by atoms with Gasteiger partial charge in [-0.1, -0.05) is 29.3 Å². The molecule has 0 unspecified atom stereocenters. The van der Waals surface area contributed by atoms with Gasteiger partial charge in [0.15, 0.2) is 0 Å². The van der Waals surface area contributed by atoms with Gasteiger partial charge in [-0.3, -0.25) is 9.78 Å². The van der Waals surface area contributed by atoms with E-state index in [4.69, 9.17) is 11.6 Å². The number of hydrogen-bond acceptors (Lipinski definition) is 4. The fourth-order valence-electron chi connectivity index (χ4n) is 3.68. The number of rotatable bonds is 3. The third-order valence-electron chi connectivity index (χ3n) is 5.25. The summed E-state index contributed by atoms with van der Waals surface area (Å²) in [6.07, 6.45) is 4.29. The van der Waals surface area contributed by atoms with Crippen LogP contribution in [0.15, 0.2) is 58.5 Å². The fourth-order valence-corrected chi connectivity index (χ4v) is 5.47. The number of carbonyl (C=O) groups excluding carboxylic acids is 1. The molecule has 1 aromatic heterocycles. The highest BCUT2D eigenvalue weighted by Gasteiger charge is 2.30. The second-order valence-corrected chi connectivity index (χ2v) is 9.65. The van der Waals surface area contributed by atoms with Gasteiger partial charge in [0.2, 0.25) is 9.84 Å². The van der Waals surface area contributed by atoms with Crippen molar-refractivity contribution in [1.29, 1.82) is 0 Å². The van der Waals surface area contributed by atoms with E-state index in [1.165, 1.54) is 6.20 Å². The molecule has 1 fully saturated rings. The molecule has 4 rings (SSSR count). The molecule has 29 heavy (non-hydrogen) atoms. The zero-order valence-corrected chi connectivity index (χ0v) is 17.6. The minimum Gasteiger partial charge on any atom is -0.339 e. The first-order valence-electron chi connectivity index (χ1n) is 9.57. The Morgan fingerprint density at radius 1 is 1.03 bits per heavy atom. The predicted octanol–water partition coefficient (Wildman–Crippen LogP) is 4.66. The van der Waals surface area contributed by atoms with Crippen LogP contribution in [0.3, 0.4) is 0 Å². The standard InChI is InChI=1S/C22H21ClN2O3S/c1-15-5-8-17(9-6-15)29(27,28)21-18-13-16(23)7-10-20(18)24-14-19(21)22(26)25-11-3-2-4-12-25/h5-10,13-14H,2-4,11-12H2,1H3. The first kappa shape index (κ1) is 19.9. The lowest BCUT2D eigenvalue weighted by Crippen LogP contribution is -2.36. The summed E-state index contributed by atoms with van der Waals surface area (Å²) in [4.78, 5) is 19.5. The van der Waals surface area contributed by atoms with Gasteiger partial charge in [0.1, 0.15) is 0 Å². The van der Waals surface area contributed by atoms with E-state index < -0.39 is 9.84 Å². The van der Waals surface area contributed by atoms with Crippen molar-refractivity contribution in [3.63, 3.8) is 0 Å².